The molecule has 3 rings (SSSR count). The molecule has 2 heterocycles. The Balaban J connectivity index is 1.56. The molecule has 25 heavy (non-hydrogen) atoms. The van der Waals surface area contributed by atoms with E-state index < -0.39 is 0 Å². The molecular formula is C19H29FN4O. The zero-order valence-electron chi connectivity index (χ0n) is 15.1. The van der Waals surface area contributed by atoms with Crippen LogP contribution in [0.4, 0.5) is 10.1 Å². The molecule has 2 N–H and O–H groups in total. The number of piperidine rings is 1. The van der Waals surface area contributed by atoms with E-state index in [0.29, 0.717) is 23.7 Å². The maximum absolute atomic E-state index is 14.5. The smallest absolute Gasteiger partial charge is 0.251 e. The van der Waals surface area contributed by atoms with Crippen molar-refractivity contribution in [3.8, 4) is 0 Å². The number of nitrogens with zero attached hydrogens (tertiary/aromatic N) is 2. The second-order valence-corrected chi connectivity index (χ2v) is 7.01. The van der Waals surface area contributed by atoms with Crippen LogP contribution >= 0.6 is 0 Å². The van der Waals surface area contributed by atoms with Gasteiger partial charge in [-0.1, -0.05) is 6.92 Å². The van der Waals surface area contributed by atoms with Gasteiger partial charge in [0.2, 0.25) is 0 Å². The minimum Gasteiger partial charge on any atom is -0.367 e. The van der Waals surface area contributed by atoms with Crippen molar-refractivity contribution < 1.29 is 9.18 Å². The monoisotopic (exact) mass is 348 g/mol. The maximum atomic E-state index is 14.5. The van der Waals surface area contributed by atoms with Gasteiger partial charge in [-0.05, 0) is 56.6 Å². The molecule has 0 aliphatic carbocycles. The van der Waals surface area contributed by atoms with Gasteiger partial charge < -0.3 is 20.4 Å². The summed E-state index contributed by atoms with van der Waals surface area (Å²) in [6.45, 7) is 9.38. The van der Waals surface area contributed by atoms with Crippen LogP contribution in [0.5, 0.6) is 0 Å². The van der Waals surface area contributed by atoms with E-state index in [0.717, 1.165) is 58.7 Å². The molecule has 2 aliphatic heterocycles. The summed E-state index contributed by atoms with van der Waals surface area (Å²) in [7, 11) is 0. The zero-order valence-corrected chi connectivity index (χ0v) is 15.1. The van der Waals surface area contributed by atoms with Crippen LogP contribution < -0.4 is 15.5 Å². The van der Waals surface area contributed by atoms with Gasteiger partial charge in [-0.3, -0.25) is 4.79 Å². The van der Waals surface area contributed by atoms with Crippen LogP contribution in [0, 0.1) is 11.7 Å². The standard InChI is InChI=1S/C19H29FN4O/c1-2-23-8-10-24(11-9-23)18-6-5-16(12-17(18)20)19(25)22-14-15-4-3-7-21-13-15/h5-6,12,15,21H,2-4,7-11,13-14H2,1H3,(H,22,25). The highest BCUT2D eigenvalue weighted by atomic mass is 19.1. The molecule has 1 unspecified atom stereocenters. The molecule has 2 fully saturated rings. The summed E-state index contributed by atoms with van der Waals surface area (Å²) in [6, 6.07) is 4.85. The lowest BCUT2D eigenvalue weighted by atomic mass is 9.99. The predicted octanol–water partition coefficient (Wildman–Crippen LogP) is 1.70. The van der Waals surface area contributed by atoms with Crippen LogP contribution in [0.3, 0.4) is 0 Å². The Morgan fingerprint density at radius 2 is 2.12 bits per heavy atom. The third-order valence-corrected chi connectivity index (χ3v) is 5.32. The van der Waals surface area contributed by atoms with E-state index in [1.54, 1.807) is 12.1 Å². The minimum absolute atomic E-state index is 0.188. The van der Waals surface area contributed by atoms with Crippen molar-refractivity contribution in [3.63, 3.8) is 0 Å². The number of carbonyl (C=O) groups excluding carboxylic acids is 1. The number of benzene rings is 1. The Morgan fingerprint density at radius 3 is 2.76 bits per heavy atom. The lowest BCUT2D eigenvalue weighted by Crippen LogP contribution is -2.46. The van der Waals surface area contributed by atoms with Crippen LogP contribution in [0.1, 0.15) is 30.1 Å². The Hall–Kier alpha value is -1.66. The van der Waals surface area contributed by atoms with E-state index >= 15 is 0 Å². The fourth-order valence-corrected chi connectivity index (χ4v) is 3.65. The Labute approximate surface area is 149 Å². The highest BCUT2D eigenvalue weighted by Gasteiger charge is 2.20. The number of halogens is 1. The summed E-state index contributed by atoms with van der Waals surface area (Å²) in [4.78, 5) is 16.7. The number of rotatable bonds is 5. The van der Waals surface area contributed by atoms with Gasteiger partial charge in [-0.2, -0.15) is 0 Å². The lowest BCUT2D eigenvalue weighted by Gasteiger charge is -2.35. The SMILES string of the molecule is CCN1CCN(c2ccc(C(=O)NCC3CCCNC3)cc2F)CC1. The molecule has 1 aromatic rings. The van der Waals surface area contributed by atoms with Crippen molar-refractivity contribution in [1.29, 1.82) is 0 Å². The summed E-state index contributed by atoms with van der Waals surface area (Å²) in [5.74, 6) is -0.0274. The Morgan fingerprint density at radius 1 is 1.32 bits per heavy atom. The Kier molecular flexibility index (Phi) is 6.26. The van der Waals surface area contributed by atoms with Crippen molar-refractivity contribution in [2.45, 2.75) is 19.8 Å². The number of likely N-dealkylation sites (N-methyl/N-ethyl adjacent to an activating group) is 1. The fourth-order valence-electron chi connectivity index (χ4n) is 3.65. The number of carbonyl (C=O) groups is 1. The van der Waals surface area contributed by atoms with Crippen molar-refractivity contribution in [1.82, 2.24) is 15.5 Å². The van der Waals surface area contributed by atoms with Gasteiger partial charge in [0, 0.05) is 38.3 Å². The molecule has 1 aromatic carbocycles. The second-order valence-electron chi connectivity index (χ2n) is 7.01. The quantitative estimate of drug-likeness (QED) is 0.850. The van der Waals surface area contributed by atoms with E-state index in [9.17, 15) is 9.18 Å². The van der Waals surface area contributed by atoms with E-state index in [2.05, 4.69) is 27.4 Å². The average molecular weight is 348 g/mol. The van der Waals surface area contributed by atoms with E-state index in [4.69, 9.17) is 0 Å². The van der Waals surface area contributed by atoms with Gasteiger partial charge in [0.1, 0.15) is 5.82 Å². The highest BCUT2D eigenvalue weighted by Crippen LogP contribution is 2.22. The highest BCUT2D eigenvalue weighted by molar-refractivity contribution is 5.94. The third-order valence-electron chi connectivity index (χ3n) is 5.32. The summed E-state index contributed by atoms with van der Waals surface area (Å²) >= 11 is 0. The van der Waals surface area contributed by atoms with Gasteiger partial charge in [-0.15, -0.1) is 0 Å². The summed E-state index contributed by atoms with van der Waals surface area (Å²) in [5, 5.41) is 6.28. The molecule has 0 spiro atoms. The second kappa shape index (κ2) is 8.63. The van der Waals surface area contributed by atoms with E-state index in [1.807, 2.05) is 0 Å². The van der Waals surface area contributed by atoms with Gasteiger partial charge in [-0.25, -0.2) is 4.39 Å². The van der Waals surface area contributed by atoms with Crippen LogP contribution in [-0.2, 0) is 0 Å². The topological polar surface area (TPSA) is 47.6 Å². The number of anilines is 1. The van der Waals surface area contributed by atoms with Gasteiger partial charge in [0.25, 0.3) is 5.91 Å². The van der Waals surface area contributed by atoms with Gasteiger partial charge in [0.05, 0.1) is 5.69 Å². The normalized spacial score (nSPS) is 22.0. The molecule has 1 atom stereocenters. The summed E-state index contributed by atoms with van der Waals surface area (Å²) in [5.41, 5.74) is 1.00. The lowest BCUT2D eigenvalue weighted by molar-refractivity contribution is 0.0944. The van der Waals surface area contributed by atoms with Crippen LogP contribution in [0.25, 0.3) is 0 Å². The number of hydrogen-bond donors (Lipinski definition) is 2. The van der Waals surface area contributed by atoms with Crippen molar-refractivity contribution in [2.24, 2.45) is 5.92 Å². The van der Waals surface area contributed by atoms with Crippen LogP contribution in [-0.4, -0.2) is 63.2 Å². The van der Waals surface area contributed by atoms with Crippen molar-refractivity contribution in [2.75, 3.05) is 57.3 Å². The maximum Gasteiger partial charge on any atom is 0.251 e. The average Bonchev–Trinajstić information content (AvgIpc) is 2.67. The molecule has 0 aromatic heterocycles. The van der Waals surface area contributed by atoms with Crippen molar-refractivity contribution in [3.05, 3.63) is 29.6 Å². The number of piperazine rings is 1. The Bertz CT molecular complexity index is 581. The molecule has 1 amide bonds. The first kappa shape index (κ1) is 18.1. The molecule has 0 saturated carbocycles. The molecule has 2 saturated heterocycles. The summed E-state index contributed by atoms with van der Waals surface area (Å²) in [6.07, 6.45) is 2.28. The fraction of sp³-hybridized carbons (Fsp3) is 0.632. The zero-order chi connectivity index (χ0) is 17.6. The van der Waals surface area contributed by atoms with Crippen molar-refractivity contribution >= 4 is 11.6 Å². The molecule has 0 radical (unpaired) electrons. The molecule has 138 valence electrons. The molecule has 6 heteroatoms. The number of hydrogen-bond acceptors (Lipinski definition) is 4. The summed E-state index contributed by atoms with van der Waals surface area (Å²) < 4.78 is 14.5. The van der Waals surface area contributed by atoms with E-state index in [-0.39, 0.29) is 11.7 Å². The van der Waals surface area contributed by atoms with E-state index in [1.165, 1.54) is 6.07 Å². The first-order valence-electron chi connectivity index (χ1n) is 9.43. The molecule has 2 aliphatic rings. The first-order chi connectivity index (χ1) is 12.2. The molecular weight excluding hydrogens is 319 g/mol. The third kappa shape index (κ3) is 4.70. The predicted molar refractivity (Wildman–Crippen MR) is 98.7 cm³/mol. The molecule has 5 nitrogen and oxygen atoms in total. The largest absolute Gasteiger partial charge is 0.367 e. The molecule has 0 bridgehead atoms. The van der Waals surface area contributed by atoms with Gasteiger partial charge >= 0.3 is 0 Å². The van der Waals surface area contributed by atoms with Crippen LogP contribution in [0.2, 0.25) is 0 Å². The van der Waals surface area contributed by atoms with Crippen LogP contribution in [0.15, 0.2) is 18.2 Å². The first-order valence-corrected chi connectivity index (χ1v) is 9.43. The number of amides is 1. The number of nitrogens with one attached hydrogen (secondary N) is 2. The minimum atomic E-state index is -0.308. The van der Waals surface area contributed by atoms with Gasteiger partial charge in [0.15, 0.2) is 0 Å².